The van der Waals surface area contributed by atoms with E-state index in [4.69, 9.17) is 32.7 Å². The standard InChI is InChI=1S/C20H18Cl2N2O5S/c1-12-14-11-18(20(25)26)29-17(14)5-4-16(12)23-6-8-24(9-7-23)30(27,28)19-10-13(21)2-3-15(19)22/h2-5,10-11H,6-9H2,1H3,(H,25,26). The number of carboxylic acid groups (broad SMARTS) is 1. The van der Waals surface area contributed by atoms with Gasteiger partial charge in [-0.25, -0.2) is 13.2 Å². The Labute approximate surface area is 183 Å². The number of aryl methyl sites for hydroxylation is 1. The van der Waals surface area contributed by atoms with E-state index in [9.17, 15) is 13.2 Å². The Morgan fingerprint density at radius 3 is 2.43 bits per heavy atom. The van der Waals surface area contributed by atoms with E-state index >= 15 is 0 Å². The Morgan fingerprint density at radius 1 is 1.07 bits per heavy atom. The van der Waals surface area contributed by atoms with Gasteiger partial charge in [0.15, 0.2) is 0 Å². The Balaban J connectivity index is 1.57. The summed E-state index contributed by atoms with van der Waals surface area (Å²) >= 11 is 12.1. The minimum atomic E-state index is -3.76. The van der Waals surface area contributed by atoms with E-state index in [0.29, 0.717) is 23.7 Å². The lowest BCUT2D eigenvalue weighted by Crippen LogP contribution is -2.48. The number of fused-ring (bicyclic) bond motifs is 1. The monoisotopic (exact) mass is 468 g/mol. The average molecular weight is 469 g/mol. The van der Waals surface area contributed by atoms with Crippen molar-refractivity contribution in [2.45, 2.75) is 11.8 Å². The van der Waals surface area contributed by atoms with E-state index in [1.165, 1.54) is 22.5 Å². The number of carbonyl (C=O) groups is 1. The lowest BCUT2D eigenvalue weighted by atomic mass is 10.1. The topological polar surface area (TPSA) is 91.1 Å². The quantitative estimate of drug-likeness (QED) is 0.614. The maximum absolute atomic E-state index is 13.0. The molecule has 0 unspecified atom stereocenters. The number of rotatable bonds is 4. The molecule has 10 heteroatoms. The van der Waals surface area contributed by atoms with Gasteiger partial charge in [-0.1, -0.05) is 23.2 Å². The smallest absolute Gasteiger partial charge is 0.371 e. The molecule has 1 aliphatic rings. The molecule has 0 radical (unpaired) electrons. The van der Waals surface area contributed by atoms with Crippen molar-refractivity contribution in [3.63, 3.8) is 0 Å². The van der Waals surface area contributed by atoms with Gasteiger partial charge >= 0.3 is 5.97 Å². The van der Waals surface area contributed by atoms with Crippen molar-refractivity contribution in [1.29, 1.82) is 0 Å². The number of hydrogen-bond acceptors (Lipinski definition) is 5. The molecule has 1 fully saturated rings. The van der Waals surface area contributed by atoms with Gasteiger partial charge in [0.25, 0.3) is 0 Å². The predicted molar refractivity (Wildman–Crippen MR) is 115 cm³/mol. The lowest BCUT2D eigenvalue weighted by molar-refractivity contribution is 0.0665. The molecule has 1 N–H and O–H groups in total. The predicted octanol–water partition coefficient (Wildman–Crippen LogP) is 4.26. The third kappa shape index (κ3) is 3.65. The summed E-state index contributed by atoms with van der Waals surface area (Å²) in [5.74, 6) is -1.23. The molecule has 0 atom stereocenters. The first-order valence-electron chi connectivity index (χ1n) is 9.15. The summed E-state index contributed by atoms with van der Waals surface area (Å²) in [7, 11) is -3.76. The van der Waals surface area contributed by atoms with E-state index in [0.717, 1.165) is 16.6 Å². The van der Waals surface area contributed by atoms with Crippen LogP contribution in [0.25, 0.3) is 11.0 Å². The largest absolute Gasteiger partial charge is 0.475 e. The summed E-state index contributed by atoms with van der Waals surface area (Å²) < 4.78 is 32.8. The molecule has 2 heterocycles. The van der Waals surface area contributed by atoms with Crippen molar-refractivity contribution in [2.24, 2.45) is 0 Å². The highest BCUT2D eigenvalue weighted by atomic mass is 35.5. The third-order valence-electron chi connectivity index (χ3n) is 5.24. The van der Waals surface area contributed by atoms with Gasteiger partial charge in [-0.3, -0.25) is 0 Å². The van der Waals surface area contributed by atoms with Crippen molar-refractivity contribution in [3.05, 3.63) is 57.8 Å². The zero-order valence-corrected chi connectivity index (χ0v) is 18.3. The van der Waals surface area contributed by atoms with E-state index < -0.39 is 16.0 Å². The number of carboxylic acids is 1. The number of nitrogens with zero attached hydrogens (tertiary/aromatic N) is 2. The molecule has 0 spiro atoms. The number of anilines is 1. The highest BCUT2D eigenvalue weighted by Crippen LogP contribution is 2.33. The normalized spacial score (nSPS) is 15.6. The van der Waals surface area contributed by atoms with Gasteiger partial charge in [-0.15, -0.1) is 0 Å². The van der Waals surface area contributed by atoms with Crippen molar-refractivity contribution in [1.82, 2.24) is 4.31 Å². The van der Waals surface area contributed by atoms with Gasteiger partial charge in [-0.05, 0) is 48.9 Å². The van der Waals surface area contributed by atoms with Gasteiger partial charge < -0.3 is 14.4 Å². The molecule has 1 aromatic heterocycles. The molecular weight excluding hydrogens is 451 g/mol. The fourth-order valence-corrected chi connectivity index (χ4v) is 5.83. The summed E-state index contributed by atoms with van der Waals surface area (Å²) in [5.41, 5.74) is 2.31. The molecule has 0 bridgehead atoms. The molecule has 1 saturated heterocycles. The second-order valence-electron chi connectivity index (χ2n) is 7.00. The molecule has 0 amide bonds. The Hall–Kier alpha value is -2.26. The molecule has 0 aliphatic carbocycles. The van der Waals surface area contributed by atoms with Crippen LogP contribution < -0.4 is 4.90 Å². The molecule has 7 nitrogen and oxygen atoms in total. The second kappa shape index (κ2) is 7.77. The molecular formula is C20H18Cl2N2O5S. The van der Waals surface area contributed by atoms with Gasteiger partial charge in [0.2, 0.25) is 15.8 Å². The number of sulfonamides is 1. The van der Waals surface area contributed by atoms with Crippen LogP contribution in [0.4, 0.5) is 5.69 Å². The molecule has 0 saturated carbocycles. The summed E-state index contributed by atoms with van der Waals surface area (Å²) in [6.07, 6.45) is 0. The number of piperazine rings is 1. The number of halogens is 2. The third-order valence-corrected chi connectivity index (χ3v) is 7.86. The SMILES string of the molecule is Cc1c(N2CCN(S(=O)(=O)c3cc(Cl)ccc3Cl)CC2)ccc2oc(C(=O)O)cc12. The minimum absolute atomic E-state index is 0.00214. The highest BCUT2D eigenvalue weighted by Gasteiger charge is 2.31. The fourth-order valence-electron chi connectivity index (χ4n) is 3.67. The van der Waals surface area contributed by atoms with Crippen LogP contribution in [0.3, 0.4) is 0 Å². The van der Waals surface area contributed by atoms with Gasteiger partial charge in [0, 0.05) is 42.3 Å². The van der Waals surface area contributed by atoms with E-state index in [1.807, 2.05) is 13.0 Å². The van der Waals surface area contributed by atoms with E-state index in [-0.39, 0.29) is 28.8 Å². The van der Waals surface area contributed by atoms with Crippen LogP contribution in [0.1, 0.15) is 16.1 Å². The molecule has 3 aromatic rings. The maximum Gasteiger partial charge on any atom is 0.371 e. The van der Waals surface area contributed by atoms with Crippen LogP contribution in [-0.4, -0.2) is 50.0 Å². The Kier molecular flexibility index (Phi) is 5.44. The van der Waals surface area contributed by atoms with E-state index in [2.05, 4.69) is 4.90 Å². The zero-order valence-electron chi connectivity index (χ0n) is 15.9. The summed E-state index contributed by atoms with van der Waals surface area (Å²) in [4.78, 5) is 13.3. The van der Waals surface area contributed by atoms with E-state index in [1.54, 1.807) is 12.1 Å². The van der Waals surface area contributed by atoms with Gasteiger partial charge in [0.1, 0.15) is 10.5 Å². The van der Waals surface area contributed by atoms with Crippen LogP contribution in [0, 0.1) is 6.92 Å². The Bertz CT molecular complexity index is 1250. The molecule has 30 heavy (non-hydrogen) atoms. The van der Waals surface area contributed by atoms with Crippen molar-refractivity contribution >= 4 is 55.9 Å². The summed E-state index contributed by atoms with van der Waals surface area (Å²) in [6.45, 7) is 3.43. The van der Waals surface area contributed by atoms with Crippen molar-refractivity contribution in [3.8, 4) is 0 Å². The van der Waals surface area contributed by atoms with Crippen LogP contribution >= 0.6 is 23.2 Å². The van der Waals surface area contributed by atoms with Crippen LogP contribution in [-0.2, 0) is 10.0 Å². The summed E-state index contributed by atoms with van der Waals surface area (Å²) in [5, 5.41) is 10.3. The van der Waals surface area contributed by atoms with Gasteiger partial charge in [0.05, 0.1) is 5.02 Å². The first-order valence-corrected chi connectivity index (χ1v) is 11.3. The lowest BCUT2D eigenvalue weighted by Gasteiger charge is -2.36. The summed E-state index contributed by atoms with van der Waals surface area (Å²) in [6, 6.07) is 9.50. The van der Waals surface area contributed by atoms with Crippen LogP contribution in [0.5, 0.6) is 0 Å². The molecule has 158 valence electrons. The number of aromatic carboxylic acids is 1. The zero-order chi connectivity index (χ0) is 21.6. The van der Waals surface area contributed by atoms with Crippen molar-refractivity contribution in [2.75, 3.05) is 31.1 Å². The number of benzene rings is 2. The highest BCUT2D eigenvalue weighted by molar-refractivity contribution is 7.89. The second-order valence-corrected chi connectivity index (χ2v) is 9.75. The fraction of sp³-hybridized carbons (Fsp3) is 0.250. The first kappa shape index (κ1) is 21.0. The maximum atomic E-state index is 13.0. The first-order chi connectivity index (χ1) is 14.2. The Morgan fingerprint density at radius 2 is 1.77 bits per heavy atom. The molecule has 4 rings (SSSR count). The van der Waals surface area contributed by atoms with Crippen LogP contribution in [0.15, 0.2) is 45.7 Å². The van der Waals surface area contributed by atoms with Crippen LogP contribution in [0.2, 0.25) is 10.0 Å². The number of hydrogen-bond donors (Lipinski definition) is 1. The average Bonchev–Trinajstić information content (AvgIpc) is 3.16. The van der Waals surface area contributed by atoms with Gasteiger partial charge in [-0.2, -0.15) is 4.31 Å². The number of furan rings is 1. The van der Waals surface area contributed by atoms with Crippen molar-refractivity contribution < 1.29 is 22.7 Å². The molecule has 2 aromatic carbocycles. The molecule has 1 aliphatic heterocycles. The minimum Gasteiger partial charge on any atom is -0.475 e.